The van der Waals surface area contributed by atoms with Gasteiger partial charge in [0.1, 0.15) is 6.54 Å². The minimum absolute atomic E-state index is 0.275. The number of carbonyl (C=O) groups excluding carboxylic acids is 4. The minimum Gasteiger partial charge on any atom is -0.454 e. The molecule has 1 saturated carbocycles. The zero-order chi connectivity index (χ0) is 14.7. The first-order valence-electron chi connectivity index (χ1n) is 6.76. The first-order chi connectivity index (χ1) is 9.54. The average molecular weight is 282 g/mol. The smallest absolute Gasteiger partial charge is 0.326 e. The van der Waals surface area contributed by atoms with Crippen molar-refractivity contribution < 1.29 is 23.9 Å². The summed E-state index contributed by atoms with van der Waals surface area (Å²) < 4.78 is 4.71. The summed E-state index contributed by atoms with van der Waals surface area (Å²) in [5.41, 5.74) is 0. The second-order valence-corrected chi connectivity index (χ2v) is 5.09. The monoisotopic (exact) mass is 282 g/mol. The quantitative estimate of drug-likeness (QED) is 0.551. The standard InChI is InChI=1S/C13H18N2O5/c1-14-10(16)7-20-11(17)6-15-12(18)8-4-2-3-5-9(8)13(15)19/h8-9H,2-7H2,1H3,(H,14,16). The van der Waals surface area contributed by atoms with Gasteiger partial charge in [0.2, 0.25) is 11.8 Å². The van der Waals surface area contributed by atoms with Crippen LogP contribution in [-0.2, 0) is 23.9 Å². The molecular formula is C13H18N2O5. The first-order valence-corrected chi connectivity index (χ1v) is 6.76. The Morgan fingerprint density at radius 3 is 2.25 bits per heavy atom. The van der Waals surface area contributed by atoms with E-state index >= 15 is 0 Å². The van der Waals surface area contributed by atoms with Gasteiger partial charge in [-0.2, -0.15) is 0 Å². The van der Waals surface area contributed by atoms with Crippen LogP contribution in [0.4, 0.5) is 0 Å². The molecule has 110 valence electrons. The fourth-order valence-electron chi connectivity index (χ4n) is 2.78. The van der Waals surface area contributed by atoms with Gasteiger partial charge in [0.25, 0.3) is 5.91 Å². The molecule has 1 heterocycles. The summed E-state index contributed by atoms with van der Waals surface area (Å²) >= 11 is 0. The predicted molar refractivity (Wildman–Crippen MR) is 67.2 cm³/mol. The fourth-order valence-corrected chi connectivity index (χ4v) is 2.78. The Bertz CT molecular complexity index is 424. The molecule has 0 aromatic rings. The van der Waals surface area contributed by atoms with E-state index in [2.05, 4.69) is 5.32 Å². The molecule has 1 saturated heterocycles. The van der Waals surface area contributed by atoms with Crippen LogP contribution in [0.5, 0.6) is 0 Å². The van der Waals surface area contributed by atoms with E-state index in [1.165, 1.54) is 7.05 Å². The predicted octanol–water partition coefficient (Wildman–Crippen LogP) is -0.549. The lowest BCUT2D eigenvalue weighted by atomic mass is 9.81. The highest BCUT2D eigenvalue weighted by Gasteiger charge is 2.48. The normalized spacial score (nSPS) is 25.4. The Morgan fingerprint density at radius 1 is 1.20 bits per heavy atom. The molecule has 2 atom stereocenters. The Morgan fingerprint density at radius 2 is 1.75 bits per heavy atom. The number of amides is 3. The molecule has 2 unspecified atom stereocenters. The molecule has 2 aliphatic rings. The Balaban J connectivity index is 1.92. The zero-order valence-electron chi connectivity index (χ0n) is 11.4. The fraction of sp³-hybridized carbons (Fsp3) is 0.692. The summed E-state index contributed by atoms with van der Waals surface area (Å²) in [5.74, 6) is -2.29. The van der Waals surface area contributed by atoms with E-state index in [4.69, 9.17) is 4.74 Å². The van der Waals surface area contributed by atoms with Gasteiger partial charge in [-0.15, -0.1) is 0 Å². The number of hydrogen-bond acceptors (Lipinski definition) is 5. The average Bonchev–Trinajstić information content (AvgIpc) is 2.70. The third-order valence-electron chi connectivity index (χ3n) is 3.86. The van der Waals surface area contributed by atoms with Crippen LogP contribution in [0.15, 0.2) is 0 Å². The number of imide groups is 1. The molecule has 2 fully saturated rings. The summed E-state index contributed by atoms with van der Waals surface area (Å²) in [7, 11) is 1.42. The molecule has 7 nitrogen and oxygen atoms in total. The van der Waals surface area contributed by atoms with Crippen LogP contribution in [0.2, 0.25) is 0 Å². The van der Waals surface area contributed by atoms with E-state index in [1.807, 2.05) is 0 Å². The van der Waals surface area contributed by atoms with Crippen LogP contribution < -0.4 is 5.32 Å². The van der Waals surface area contributed by atoms with Crippen molar-refractivity contribution in [2.75, 3.05) is 20.2 Å². The van der Waals surface area contributed by atoms with Crippen LogP contribution in [0.3, 0.4) is 0 Å². The maximum atomic E-state index is 12.1. The number of rotatable bonds is 4. The number of hydrogen-bond donors (Lipinski definition) is 1. The van der Waals surface area contributed by atoms with Crippen LogP contribution in [0.25, 0.3) is 0 Å². The zero-order valence-corrected chi connectivity index (χ0v) is 11.4. The third kappa shape index (κ3) is 2.81. The van der Waals surface area contributed by atoms with Gasteiger partial charge in [0.15, 0.2) is 6.61 Å². The molecule has 20 heavy (non-hydrogen) atoms. The maximum Gasteiger partial charge on any atom is 0.326 e. The van der Waals surface area contributed by atoms with E-state index in [0.717, 1.165) is 17.7 Å². The van der Waals surface area contributed by atoms with Crippen LogP contribution >= 0.6 is 0 Å². The molecule has 0 bridgehead atoms. The van der Waals surface area contributed by atoms with E-state index in [9.17, 15) is 19.2 Å². The minimum atomic E-state index is -0.742. The second kappa shape index (κ2) is 6.02. The summed E-state index contributed by atoms with van der Waals surface area (Å²) in [6.45, 7) is -0.805. The summed E-state index contributed by atoms with van der Waals surface area (Å²) in [4.78, 5) is 47.7. The molecular weight excluding hydrogens is 264 g/mol. The van der Waals surface area contributed by atoms with E-state index in [1.54, 1.807) is 0 Å². The SMILES string of the molecule is CNC(=O)COC(=O)CN1C(=O)C2CCCCC2C1=O. The van der Waals surface area contributed by atoms with Crippen molar-refractivity contribution >= 4 is 23.7 Å². The number of nitrogens with zero attached hydrogens (tertiary/aromatic N) is 1. The molecule has 3 amide bonds. The van der Waals surface area contributed by atoms with Crippen LogP contribution in [0, 0.1) is 11.8 Å². The lowest BCUT2D eigenvalue weighted by Gasteiger charge is -2.19. The van der Waals surface area contributed by atoms with Crippen LogP contribution in [0.1, 0.15) is 25.7 Å². The Labute approximate surface area is 116 Å². The van der Waals surface area contributed by atoms with Gasteiger partial charge in [-0.05, 0) is 12.8 Å². The van der Waals surface area contributed by atoms with Gasteiger partial charge < -0.3 is 10.1 Å². The first kappa shape index (κ1) is 14.5. The van der Waals surface area contributed by atoms with Crippen molar-refractivity contribution in [3.8, 4) is 0 Å². The Hall–Kier alpha value is -1.92. The van der Waals surface area contributed by atoms with E-state index < -0.39 is 25.0 Å². The lowest BCUT2D eigenvalue weighted by Crippen LogP contribution is -2.37. The topological polar surface area (TPSA) is 92.8 Å². The van der Waals surface area contributed by atoms with Crippen LogP contribution in [-0.4, -0.2) is 48.8 Å². The van der Waals surface area contributed by atoms with Gasteiger partial charge in [0, 0.05) is 7.05 Å². The highest BCUT2D eigenvalue weighted by atomic mass is 16.5. The van der Waals surface area contributed by atoms with E-state index in [-0.39, 0.29) is 23.7 Å². The number of carbonyl (C=O) groups is 4. The van der Waals surface area contributed by atoms with Crippen molar-refractivity contribution in [1.29, 1.82) is 0 Å². The molecule has 2 rings (SSSR count). The molecule has 1 aliphatic heterocycles. The van der Waals surface area contributed by atoms with Gasteiger partial charge in [-0.25, -0.2) is 0 Å². The van der Waals surface area contributed by atoms with Crippen molar-refractivity contribution in [1.82, 2.24) is 10.2 Å². The Kier molecular flexibility index (Phi) is 4.36. The molecule has 0 aromatic heterocycles. The number of likely N-dealkylation sites (tertiary alicyclic amines) is 1. The number of likely N-dealkylation sites (N-methyl/N-ethyl adjacent to an activating group) is 1. The highest BCUT2D eigenvalue weighted by molar-refractivity contribution is 6.07. The molecule has 0 radical (unpaired) electrons. The van der Waals surface area contributed by atoms with Gasteiger partial charge >= 0.3 is 5.97 Å². The number of ether oxygens (including phenoxy) is 1. The van der Waals surface area contributed by atoms with Gasteiger partial charge in [-0.1, -0.05) is 12.8 Å². The largest absolute Gasteiger partial charge is 0.454 e. The summed E-state index contributed by atoms with van der Waals surface area (Å²) in [5, 5.41) is 2.31. The van der Waals surface area contributed by atoms with Crippen molar-refractivity contribution in [2.24, 2.45) is 11.8 Å². The number of fused-ring (bicyclic) bond motifs is 1. The van der Waals surface area contributed by atoms with Crippen molar-refractivity contribution in [3.05, 3.63) is 0 Å². The molecule has 1 N–H and O–H groups in total. The van der Waals surface area contributed by atoms with Crippen molar-refractivity contribution in [2.45, 2.75) is 25.7 Å². The summed E-state index contributed by atoms with van der Waals surface area (Å²) in [6, 6.07) is 0. The number of nitrogens with one attached hydrogen (secondary N) is 1. The van der Waals surface area contributed by atoms with Gasteiger partial charge in [0.05, 0.1) is 11.8 Å². The highest BCUT2D eigenvalue weighted by Crippen LogP contribution is 2.37. The lowest BCUT2D eigenvalue weighted by molar-refractivity contribution is -0.154. The van der Waals surface area contributed by atoms with Gasteiger partial charge in [-0.3, -0.25) is 24.1 Å². The molecule has 0 spiro atoms. The third-order valence-corrected chi connectivity index (χ3v) is 3.86. The molecule has 1 aliphatic carbocycles. The second-order valence-electron chi connectivity index (χ2n) is 5.09. The summed E-state index contributed by atoms with van der Waals surface area (Å²) in [6.07, 6.45) is 3.29. The molecule has 0 aromatic carbocycles. The number of esters is 1. The van der Waals surface area contributed by atoms with Crippen molar-refractivity contribution in [3.63, 3.8) is 0 Å². The van der Waals surface area contributed by atoms with E-state index in [0.29, 0.717) is 12.8 Å². The maximum absolute atomic E-state index is 12.1. The molecule has 7 heteroatoms.